The number of anilines is 6. The van der Waals surface area contributed by atoms with Gasteiger partial charge in [0.25, 0.3) is 0 Å². The second-order valence-electron chi connectivity index (χ2n) is 28.1. The van der Waals surface area contributed by atoms with Crippen molar-refractivity contribution in [1.82, 2.24) is 0 Å². The van der Waals surface area contributed by atoms with Crippen LogP contribution in [0.25, 0.3) is 54.2 Å². The largest absolute Gasteiger partial charge is 0.489 e. The molecule has 0 aliphatic heterocycles. The van der Waals surface area contributed by atoms with Gasteiger partial charge >= 0.3 is 0 Å². The number of rotatable bonds is 14. The molecule has 0 radical (unpaired) electrons. The summed E-state index contributed by atoms with van der Waals surface area (Å²) < 4.78 is 16.1. The molecule has 436 valence electrons. The maximum absolute atomic E-state index is 8.07. The number of ether oxygens (including phenoxy) is 2. The summed E-state index contributed by atoms with van der Waals surface area (Å²) in [7, 11) is 0. The molecule has 4 nitrogen and oxygen atoms in total. The molecule has 8 saturated carbocycles. The zero-order valence-corrected chi connectivity index (χ0v) is 51.4. The molecule has 11 aromatic carbocycles. The maximum atomic E-state index is 8.07. The lowest BCUT2D eigenvalue weighted by Crippen LogP contribution is -2.50. The summed E-state index contributed by atoms with van der Waals surface area (Å²) in [5.41, 5.74) is 18.1. The Morgan fingerprint density at radius 1 is 0.318 bits per heavy atom. The fourth-order valence-electron chi connectivity index (χ4n) is 18.5. The van der Waals surface area contributed by atoms with Crippen LogP contribution in [0.15, 0.2) is 207 Å². The van der Waals surface area contributed by atoms with Crippen LogP contribution in [0.3, 0.4) is 0 Å². The van der Waals surface area contributed by atoms with Crippen LogP contribution in [0.1, 0.15) is 109 Å². The lowest BCUT2D eigenvalue weighted by molar-refractivity contribution is -0.0784. The van der Waals surface area contributed by atoms with E-state index in [1.165, 1.54) is 130 Å². The number of benzene rings is 11. The molecule has 8 fully saturated rings. The van der Waals surface area contributed by atoms with E-state index in [1.54, 1.807) is 0 Å². The van der Waals surface area contributed by atoms with Gasteiger partial charge in [-0.15, -0.1) is 0 Å². The van der Waals surface area contributed by atoms with Crippen molar-refractivity contribution in [2.45, 2.75) is 104 Å². The Kier molecular flexibility index (Phi) is 12.8. The van der Waals surface area contributed by atoms with Gasteiger partial charge in [-0.05, 0) is 232 Å². The van der Waals surface area contributed by atoms with E-state index in [4.69, 9.17) is 9.47 Å². The molecule has 0 spiro atoms. The third kappa shape index (κ3) is 9.05. The summed E-state index contributed by atoms with van der Waals surface area (Å²) in [6.45, 7) is 17.9. The monoisotopic (exact) mass is 1150 g/mol. The first-order chi connectivity index (χ1) is 43.0. The van der Waals surface area contributed by atoms with Gasteiger partial charge in [-0.1, -0.05) is 169 Å². The summed E-state index contributed by atoms with van der Waals surface area (Å²) in [6, 6.07) is 73.0. The van der Waals surface area contributed by atoms with E-state index < -0.39 is 0 Å². The fraction of sp³-hybridized carbons (Fsp3) is 0.286. The van der Waals surface area contributed by atoms with Crippen LogP contribution >= 0.6 is 0 Å². The molecule has 8 bridgehead atoms. The zero-order chi connectivity index (χ0) is 59.1. The van der Waals surface area contributed by atoms with Gasteiger partial charge < -0.3 is 19.3 Å². The summed E-state index contributed by atoms with van der Waals surface area (Å²) in [5, 5.41) is 9.70. The minimum atomic E-state index is 0.159. The van der Waals surface area contributed by atoms with Gasteiger partial charge in [-0.3, -0.25) is 0 Å². The third-order valence-electron chi connectivity index (χ3n) is 22.4. The highest BCUT2D eigenvalue weighted by Crippen LogP contribution is 2.60. The summed E-state index contributed by atoms with van der Waals surface area (Å²) in [4.78, 5) is 4.99. The van der Waals surface area contributed by atoms with Crippen LogP contribution < -0.4 is 19.3 Å². The third-order valence-corrected chi connectivity index (χ3v) is 22.4. The normalized spacial score (nSPS) is 24.0. The molecule has 0 N–H and O–H groups in total. The van der Waals surface area contributed by atoms with Gasteiger partial charge in [0.15, 0.2) is 0 Å². The molecule has 8 aliphatic rings. The molecule has 0 amide bonds. The molecular formula is C84H78N2O2. The van der Waals surface area contributed by atoms with Crippen LogP contribution in [-0.4, -0.2) is 12.2 Å². The molecule has 0 saturated heterocycles. The standard InChI is InChI=1S/C84H78N2O2/c1-49-13-21-59(22-14-49)53(5)61-25-33-69(34-26-61)85(67-29-17-51(3)18-30-67)75-47-77(87-83-63-39-55-37-56(41-63)42-64(83)40-55)81-74-12-8-10-72-76(86(68-31-19-52(4)20-32-68)70-35-27-62(28-36-70)54(6)60-23-15-50(2)16-24-60)48-78(82(80(72)74)73-11-7-9-71(75)79(73)81)88-84-65-43-57-38-58(45-65)46-66(84)44-57/h7-36,47-48,55-58,63-66,83-84H,5-6,37-46H2,1-4H3. The Bertz CT molecular complexity index is 4170. The van der Waals surface area contributed by atoms with E-state index in [2.05, 4.69) is 245 Å². The van der Waals surface area contributed by atoms with E-state index >= 15 is 0 Å². The number of fused-ring (bicyclic) bond motifs is 2. The number of hydrogen-bond acceptors (Lipinski definition) is 4. The molecule has 0 atom stereocenters. The van der Waals surface area contributed by atoms with Crippen molar-refractivity contribution in [3.05, 3.63) is 252 Å². The van der Waals surface area contributed by atoms with E-state index in [1.807, 2.05) is 0 Å². The van der Waals surface area contributed by atoms with Crippen molar-refractivity contribution < 1.29 is 9.47 Å². The Morgan fingerprint density at radius 2 is 0.580 bits per heavy atom. The van der Waals surface area contributed by atoms with Gasteiger partial charge in [0, 0.05) is 67.2 Å². The molecule has 0 heterocycles. The first kappa shape index (κ1) is 53.6. The van der Waals surface area contributed by atoms with Crippen LogP contribution in [0.2, 0.25) is 0 Å². The number of hydrogen-bond donors (Lipinski definition) is 0. The lowest BCUT2D eigenvalue weighted by Gasteiger charge is -2.54. The second-order valence-corrected chi connectivity index (χ2v) is 28.1. The minimum absolute atomic E-state index is 0.159. The minimum Gasteiger partial charge on any atom is -0.489 e. The van der Waals surface area contributed by atoms with E-state index in [0.717, 1.165) is 103 Å². The second kappa shape index (κ2) is 21.0. The van der Waals surface area contributed by atoms with Crippen molar-refractivity contribution in [2.75, 3.05) is 9.80 Å². The average Bonchev–Trinajstić information content (AvgIpc) is 0.736. The first-order valence-electron chi connectivity index (χ1n) is 33.0. The van der Waals surface area contributed by atoms with E-state index in [-0.39, 0.29) is 12.2 Å². The van der Waals surface area contributed by atoms with Crippen molar-refractivity contribution in [3.8, 4) is 11.5 Å². The highest BCUT2D eigenvalue weighted by Gasteiger charge is 2.51. The van der Waals surface area contributed by atoms with Gasteiger partial charge in [0.05, 0.1) is 11.4 Å². The molecule has 11 aromatic rings. The molecule has 88 heavy (non-hydrogen) atoms. The highest BCUT2D eigenvalue weighted by molar-refractivity contribution is 6.38. The quantitative estimate of drug-likeness (QED) is 0.0800. The van der Waals surface area contributed by atoms with Crippen molar-refractivity contribution in [2.24, 2.45) is 47.3 Å². The van der Waals surface area contributed by atoms with E-state index in [9.17, 15) is 0 Å². The molecule has 0 aromatic heterocycles. The van der Waals surface area contributed by atoms with Crippen LogP contribution in [0.4, 0.5) is 34.1 Å². The van der Waals surface area contributed by atoms with Gasteiger partial charge in [0.2, 0.25) is 0 Å². The molecule has 0 unspecified atom stereocenters. The van der Waals surface area contributed by atoms with Crippen molar-refractivity contribution in [1.29, 1.82) is 0 Å². The SMILES string of the molecule is C=C(c1ccc(C)cc1)c1ccc(N(c2ccc(C)cc2)c2cc(OC3C4CC5CC(C4)CC3C5)c3c4cccc5c(N(c6ccc(C)cc6)c6ccc(C(=C)c7ccc(C)cc7)cc6)cc(OC6C7CC8CC(C7)CC6C8)c(c6cccc2c63)c54)cc1. The predicted molar refractivity (Wildman–Crippen MR) is 368 cm³/mol. The summed E-state index contributed by atoms with van der Waals surface area (Å²) in [6.07, 6.45) is 13.3. The van der Waals surface area contributed by atoms with Crippen LogP contribution in [0.5, 0.6) is 11.5 Å². The Labute approximate surface area is 519 Å². The zero-order valence-electron chi connectivity index (χ0n) is 51.4. The molecular weight excluding hydrogens is 1070 g/mol. The topological polar surface area (TPSA) is 24.9 Å². The van der Waals surface area contributed by atoms with E-state index in [0.29, 0.717) is 23.7 Å². The van der Waals surface area contributed by atoms with Crippen LogP contribution in [0, 0.1) is 75.0 Å². The predicted octanol–water partition coefficient (Wildman–Crippen LogP) is 22.4. The molecule has 19 rings (SSSR count). The number of aryl methyl sites for hydroxylation is 4. The van der Waals surface area contributed by atoms with Gasteiger partial charge in [-0.2, -0.15) is 0 Å². The smallest absolute Gasteiger partial charge is 0.130 e. The fourth-order valence-corrected chi connectivity index (χ4v) is 18.5. The van der Waals surface area contributed by atoms with Crippen molar-refractivity contribution >= 4 is 88.4 Å². The molecule has 8 aliphatic carbocycles. The summed E-state index contributed by atoms with van der Waals surface area (Å²) in [5.74, 6) is 7.52. The summed E-state index contributed by atoms with van der Waals surface area (Å²) >= 11 is 0. The maximum Gasteiger partial charge on any atom is 0.130 e. The average molecular weight is 1150 g/mol. The van der Waals surface area contributed by atoms with Crippen molar-refractivity contribution in [3.63, 3.8) is 0 Å². The lowest BCUT2D eigenvalue weighted by atomic mass is 9.55. The van der Waals surface area contributed by atoms with Crippen LogP contribution in [-0.2, 0) is 0 Å². The Balaban J connectivity index is 0.917. The Hall–Kier alpha value is -8.60. The number of nitrogens with zero attached hydrogens (tertiary/aromatic N) is 2. The highest BCUT2D eigenvalue weighted by atomic mass is 16.5. The molecule has 4 heteroatoms. The van der Waals surface area contributed by atoms with Gasteiger partial charge in [-0.25, -0.2) is 0 Å². The van der Waals surface area contributed by atoms with Gasteiger partial charge in [0.1, 0.15) is 23.7 Å². The first-order valence-corrected chi connectivity index (χ1v) is 33.0. The Morgan fingerprint density at radius 3 is 0.886 bits per heavy atom.